The second kappa shape index (κ2) is 8.16. The second-order valence-electron chi connectivity index (χ2n) is 9.01. The molecule has 5 rings (SSSR count). The first kappa shape index (κ1) is 20.3. The number of amides is 1. The molecule has 2 aromatic carbocycles. The third kappa shape index (κ3) is 4.14. The first-order chi connectivity index (χ1) is 15.0. The molecular formula is C26H28ClN3O. The number of carbonyl (C=O) groups is 1. The van der Waals surface area contributed by atoms with Crippen LogP contribution in [0.3, 0.4) is 0 Å². The molecule has 0 spiro atoms. The lowest BCUT2D eigenvalue weighted by atomic mass is 10.0. The zero-order valence-electron chi connectivity index (χ0n) is 18.1. The van der Waals surface area contributed by atoms with Crippen molar-refractivity contribution in [3.8, 4) is 22.5 Å². The number of rotatable bonds is 5. The molecule has 1 amide bonds. The van der Waals surface area contributed by atoms with Crippen molar-refractivity contribution in [3.05, 3.63) is 64.9 Å². The van der Waals surface area contributed by atoms with Crippen LogP contribution in [0.4, 0.5) is 0 Å². The van der Waals surface area contributed by atoms with E-state index in [0.29, 0.717) is 17.7 Å². The smallest absolute Gasteiger partial charge is 0.225 e. The van der Waals surface area contributed by atoms with E-state index in [9.17, 15) is 4.79 Å². The van der Waals surface area contributed by atoms with Crippen molar-refractivity contribution in [1.29, 1.82) is 0 Å². The van der Waals surface area contributed by atoms with Crippen molar-refractivity contribution in [2.45, 2.75) is 39.7 Å². The summed E-state index contributed by atoms with van der Waals surface area (Å²) in [5, 5.41) is 0.748. The first-order valence-corrected chi connectivity index (χ1v) is 11.6. The van der Waals surface area contributed by atoms with Crippen molar-refractivity contribution >= 4 is 17.5 Å². The van der Waals surface area contributed by atoms with E-state index in [1.165, 1.54) is 5.69 Å². The van der Waals surface area contributed by atoms with Crippen LogP contribution in [0.2, 0.25) is 5.02 Å². The van der Waals surface area contributed by atoms with Gasteiger partial charge < -0.3 is 9.47 Å². The lowest BCUT2D eigenvalue weighted by Crippen LogP contribution is -2.30. The Bertz CT molecular complexity index is 1100. The van der Waals surface area contributed by atoms with Gasteiger partial charge in [-0.25, -0.2) is 4.98 Å². The highest BCUT2D eigenvalue weighted by atomic mass is 35.5. The summed E-state index contributed by atoms with van der Waals surface area (Å²) in [6, 6.07) is 16.5. The van der Waals surface area contributed by atoms with E-state index in [1.807, 2.05) is 24.3 Å². The van der Waals surface area contributed by atoms with Crippen LogP contribution in [-0.4, -0.2) is 33.4 Å². The molecule has 31 heavy (non-hydrogen) atoms. The van der Waals surface area contributed by atoms with Crippen LogP contribution < -0.4 is 0 Å². The monoisotopic (exact) mass is 433 g/mol. The van der Waals surface area contributed by atoms with Gasteiger partial charge in [0.25, 0.3) is 0 Å². The van der Waals surface area contributed by atoms with Crippen molar-refractivity contribution < 1.29 is 4.79 Å². The van der Waals surface area contributed by atoms with E-state index >= 15 is 0 Å². The molecule has 2 fully saturated rings. The maximum Gasteiger partial charge on any atom is 0.225 e. The van der Waals surface area contributed by atoms with Crippen LogP contribution >= 0.6 is 11.6 Å². The van der Waals surface area contributed by atoms with Crippen LogP contribution in [0, 0.1) is 25.7 Å². The average Bonchev–Trinajstić information content (AvgIpc) is 3.47. The summed E-state index contributed by atoms with van der Waals surface area (Å²) in [6.45, 7) is 6.92. The average molecular weight is 434 g/mol. The Hall–Kier alpha value is -2.59. The molecule has 3 aromatic rings. The number of aromatic nitrogens is 2. The normalized spacial score (nSPS) is 18.5. The molecule has 2 aliphatic rings. The summed E-state index contributed by atoms with van der Waals surface area (Å²) < 4.78 is 2.35. The Balaban J connectivity index is 1.36. The number of aryl methyl sites for hydroxylation is 1. The predicted molar refractivity (Wildman–Crippen MR) is 125 cm³/mol. The molecule has 2 heterocycles. The van der Waals surface area contributed by atoms with Gasteiger partial charge in [0, 0.05) is 41.8 Å². The van der Waals surface area contributed by atoms with Crippen LogP contribution in [0.25, 0.3) is 22.5 Å². The number of likely N-dealkylation sites (tertiary alicyclic amines) is 1. The van der Waals surface area contributed by atoms with Crippen molar-refractivity contribution in [3.63, 3.8) is 0 Å². The van der Waals surface area contributed by atoms with Gasteiger partial charge in [0.2, 0.25) is 5.91 Å². The first-order valence-electron chi connectivity index (χ1n) is 11.2. The fraction of sp³-hybridized carbons (Fsp3) is 0.385. The molecule has 1 saturated carbocycles. The van der Waals surface area contributed by atoms with Crippen molar-refractivity contribution in [2.24, 2.45) is 11.8 Å². The van der Waals surface area contributed by atoms with Crippen molar-refractivity contribution in [1.82, 2.24) is 14.5 Å². The maximum absolute atomic E-state index is 12.4. The summed E-state index contributed by atoms with van der Waals surface area (Å²) in [5.74, 6) is 2.19. The SMILES string of the molecule is Cc1nc(-c2ccc(-c3ccc(Cl)cc3)cc2)n(CC2CCN(C(=O)C3CC3)C2)c1C. The van der Waals surface area contributed by atoms with E-state index in [0.717, 1.165) is 72.1 Å². The number of hydrogen-bond acceptors (Lipinski definition) is 2. The van der Waals surface area contributed by atoms with Gasteiger partial charge in [-0.1, -0.05) is 48.0 Å². The van der Waals surface area contributed by atoms with Crippen molar-refractivity contribution in [2.75, 3.05) is 13.1 Å². The van der Waals surface area contributed by atoms with Gasteiger partial charge in [-0.2, -0.15) is 0 Å². The lowest BCUT2D eigenvalue weighted by molar-refractivity contribution is -0.131. The lowest BCUT2D eigenvalue weighted by Gasteiger charge is -2.18. The molecule has 1 saturated heterocycles. The van der Waals surface area contributed by atoms with E-state index in [4.69, 9.17) is 16.6 Å². The fourth-order valence-corrected chi connectivity index (χ4v) is 4.71. The summed E-state index contributed by atoms with van der Waals surface area (Å²) in [7, 11) is 0. The zero-order valence-corrected chi connectivity index (χ0v) is 18.9. The summed E-state index contributed by atoms with van der Waals surface area (Å²) in [6.07, 6.45) is 3.23. The van der Waals surface area contributed by atoms with Crippen LogP contribution in [0.5, 0.6) is 0 Å². The third-order valence-corrected chi connectivity index (χ3v) is 7.00. The Labute approximate surface area is 188 Å². The van der Waals surface area contributed by atoms with Crippen LogP contribution in [-0.2, 0) is 11.3 Å². The molecule has 1 atom stereocenters. The molecule has 160 valence electrons. The summed E-state index contributed by atoms with van der Waals surface area (Å²) in [5.41, 5.74) is 5.72. The van der Waals surface area contributed by atoms with E-state index in [-0.39, 0.29) is 0 Å². The van der Waals surface area contributed by atoms with Crippen LogP contribution in [0.1, 0.15) is 30.7 Å². The van der Waals surface area contributed by atoms with Gasteiger partial charge in [-0.05, 0) is 62.3 Å². The fourth-order valence-electron chi connectivity index (χ4n) is 4.58. The number of halogens is 1. The predicted octanol–water partition coefficient (Wildman–Crippen LogP) is 5.75. The summed E-state index contributed by atoms with van der Waals surface area (Å²) >= 11 is 6.02. The highest BCUT2D eigenvalue weighted by molar-refractivity contribution is 6.30. The molecule has 0 radical (unpaired) electrons. The molecule has 0 bridgehead atoms. The Morgan fingerprint density at radius 3 is 2.23 bits per heavy atom. The number of carbonyl (C=O) groups excluding carboxylic acids is 1. The second-order valence-corrected chi connectivity index (χ2v) is 9.45. The van der Waals surface area contributed by atoms with Gasteiger partial charge in [-0.15, -0.1) is 0 Å². The summed E-state index contributed by atoms with van der Waals surface area (Å²) in [4.78, 5) is 19.4. The number of benzene rings is 2. The molecule has 1 unspecified atom stereocenters. The molecule has 1 aliphatic heterocycles. The number of hydrogen-bond donors (Lipinski definition) is 0. The minimum atomic E-state index is 0.311. The minimum Gasteiger partial charge on any atom is -0.342 e. The molecule has 5 heteroatoms. The molecule has 1 aromatic heterocycles. The topological polar surface area (TPSA) is 38.1 Å². The minimum absolute atomic E-state index is 0.311. The van der Waals surface area contributed by atoms with Gasteiger partial charge in [0.05, 0.1) is 5.69 Å². The standard InChI is InChI=1S/C26H28ClN3O/c1-17-18(2)30(16-19-13-14-29(15-19)26(31)23-7-8-23)25(28-17)22-5-3-20(4-6-22)21-9-11-24(27)12-10-21/h3-6,9-12,19,23H,7-8,13-16H2,1-2H3. The molecular weight excluding hydrogens is 406 g/mol. The maximum atomic E-state index is 12.4. The zero-order chi connectivity index (χ0) is 21.5. The number of nitrogens with zero attached hydrogens (tertiary/aromatic N) is 3. The Kier molecular flexibility index (Phi) is 5.35. The van der Waals surface area contributed by atoms with Gasteiger partial charge in [-0.3, -0.25) is 4.79 Å². The highest BCUT2D eigenvalue weighted by Gasteiger charge is 2.36. The molecule has 4 nitrogen and oxygen atoms in total. The quantitative estimate of drug-likeness (QED) is 0.514. The molecule has 1 aliphatic carbocycles. The highest BCUT2D eigenvalue weighted by Crippen LogP contribution is 2.34. The Morgan fingerprint density at radius 1 is 0.968 bits per heavy atom. The van der Waals surface area contributed by atoms with Gasteiger partial charge >= 0.3 is 0 Å². The van der Waals surface area contributed by atoms with E-state index in [1.54, 1.807) is 0 Å². The third-order valence-electron chi connectivity index (χ3n) is 6.74. The Morgan fingerprint density at radius 2 is 1.58 bits per heavy atom. The molecule has 0 N–H and O–H groups in total. The van der Waals surface area contributed by atoms with Gasteiger partial charge in [0.15, 0.2) is 0 Å². The van der Waals surface area contributed by atoms with Crippen LogP contribution in [0.15, 0.2) is 48.5 Å². The van der Waals surface area contributed by atoms with E-state index < -0.39 is 0 Å². The van der Waals surface area contributed by atoms with Gasteiger partial charge in [0.1, 0.15) is 5.82 Å². The number of imidazole rings is 1. The van der Waals surface area contributed by atoms with E-state index in [2.05, 4.69) is 47.6 Å². The largest absolute Gasteiger partial charge is 0.342 e.